The molecule has 90 heavy (non-hydrogen) atoms. The van der Waals surface area contributed by atoms with Gasteiger partial charge in [0.05, 0.1) is 25.4 Å². The smallest absolute Gasteiger partial charge is 0.305 e. The number of allylic oxidation sites excluding steroid dienone is 3. The molecule has 0 aliphatic rings. The standard InChI is InChI=1S/C84H163NO5/c1-3-5-7-9-11-13-15-17-19-21-23-24-38-41-44-48-52-56-60-64-68-72-76-82(87)81(80-86)85-83(88)77-73-69-65-61-57-53-49-45-42-39-36-34-32-30-28-26-25-27-29-31-33-35-37-40-43-47-51-55-59-63-67-71-75-79-90-84(89)78-74-70-66-62-58-54-50-46-22-20-18-16-14-12-10-8-6-4-2/h29,31,72,76,81-82,86-87H,3-28,30,32-71,73-75,77-80H2,1-2H3,(H,85,88)/b31-29-,76-72+. The molecule has 0 fully saturated rings. The third-order valence-electron chi connectivity index (χ3n) is 19.7. The molecule has 1 amide bonds. The van der Waals surface area contributed by atoms with E-state index in [0.717, 1.165) is 38.5 Å². The molecule has 2 unspecified atom stereocenters. The number of ether oxygens (including phenoxy) is 1. The van der Waals surface area contributed by atoms with Crippen molar-refractivity contribution >= 4 is 11.9 Å². The van der Waals surface area contributed by atoms with Gasteiger partial charge in [-0.2, -0.15) is 0 Å². The summed E-state index contributed by atoms with van der Waals surface area (Å²) < 4.78 is 5.52. The lowest BCUT2D eigenvalue weighted by Gasteiger charge is -2.20. The van der Waals surface area contributed by atoms with Crippen LogP contribution in [0.5, 0.6) is 0 Å². The largest absolute Gasteiger partial charge is 0.466 e. The molecule has 0 rings (SSSR count). The van der Waals surface area contributed by atoms with Gasteiger partial charge in [0.2, 0.25) is 5.91 Å². The summed E-state index contributed by atoms with van der Waals surface area (Å²) in [5.41, 5.74) is 0. The first-order valence-electron chi connectivity index (χ1n) is 41.6. The van der Waals surface area contributed by atoms with Crippen molar-refractivity contribution in [3.05, 3.63) is 24.3 Å². The van der Waals surface area contributed by atoms with Gasteiger partial charge in [-0.05, 0) is 57.8 Å². The van der Waals surface area contributed by atoms with Gasteiger partial charge in [-0.3, -0.25) is 9.59 Å². The van der Waals surface area contributed by atoms with Crippen LogP contribution in [0.15, 0.2) is 24.3 Å². The van der Waals surface area contributed by atoms with Crippen molar-refractivity contribution in [3.63, 3.8) is 0 Å². The highest BCUT2D eigenvalue weighted by Gasteiger charge is 2.18. The van der Waals surface area contributed by atoms with E-state index in [1.807, 2.05) is 6.08 Å². The molecule has 6 heteroatoms. The molecule has 0 aliphatic carbocycles. The topological polar surface area (TPSA) is 95.9 Å². The molecule has 6 nitrogen and oxygen atoms in total. The zero-order valence-electron chi connectivity index (χ0n) is 61.4. The lowest BCUT2D eigenvalue weighted by atomic mass is 10.0. The van der Waals surface area contributed by atoms with Gasteiger partial charge >= 0.3 is 5.97 Å². The van der Waals surface area contributed by atoms with Crippen LogP contribution in [0.3, 0.4) is 0 Å². The molecule has 0 radical (unpaired) electrons. The first-order valence-corrected chi connectivity index (χ1v) is 41.6. The summed E-state index contributed by atoms with van der Waals surface area (Å²) in [4.78, 5) is 24.7. The minimum atomic E-state index is -0.843. The Bertz CT molecular complexity index is 1410. The van der Waals surface area contributed by atoms with Crippen LogP contribution in [0, 0.1) is 0 Å². The average Bonchev–Trinajstić information content (AvgIpc) is 3.58. The number of unbranched alkanes of at least 4 members (excludes halogenated alkanes) is 66. The van der Waals surface area contributed by atoms with Crippen LogP contribution in [0.25, 0.3) is 0 Å². The fraction of sp³-hybridized carbons (Fsp3) is 0.929. The van der Waals surface area contributed by atoms with Gasteiger partial charge in [-0.1, -0.05) is 430 Å². The van der Waals surface area contributed by atoms with Crippen LogP contribution in [-0.2, 0) is 14.3 Å². The number of aliphatic hydroxyl groups is 2. The number of aliphatic hydroxyl groups excluding tert-OH is 2. The maximum atomic E-state index is 12.6. The van der Waals surface area contributed by atoms with Crippen LogP contribution in [0.1, 0.15) is 476 Å². The molecule has 0 aromatic rings. The van der Waals surface area contributed by atoms with Crippen LogP contribution < -0.4 is 5.32 Å². The summed E-state index contributed by atoms with van der Waals surface area (Å²) in [6.45, 7) is 4.97. The molecule has 534 valence electrons. The Kier molecular flexibility index (Phi) is 78.3. The predicted molar refractivity (Wildman–Crippen MR) is 398 cm³/mol. The van der Waals surface area contributed by atoms with E-state index >= 15 is 0 Å². The van der Waals surface area contributed by atoms with Gasteiger partial charge < -0.3 is 20.3 Å². The molecular weight excluding hydrogens is 1100 g/mol. The summed E-state index contributed by atoms with van der Waals surface area (Å²) in [5.74, 6) is -0.0356. The molecule has 0 saturated carbocycles. The number of amides is 1. The molecular formula is C84H163NO5. The quantitative estimate of drug-likeness (QED) is 0.0320. The normalized spacial score (nSPS) is 12.5. The van der Waals surface area contributed by atoms with Crippen molar-refractivity contribution in [2.45, 2.75) is 488 Å². The Hall–Kier alpha value is -1.66. The lowest BCUT2D eigenvalue weighted by Crippen LogP contribution is -2.45. The Morgan fingerprint density at radius 2 is 0.522 bits per heavy atom. The maximum absolute atomic E-state index is 12.6. The first-order chi connectivity index (χ1) is 44.5. The Morgan fingerprint density at radius 3 is 0.789 bits per heavy atom. The van der Waals surface area contributed by atoms with Gasteiger partial charge in [0.15, 0.2) is 0 Å². The number of hydrogen-bond donors (Lipinski definition) is 3. The van der Waals surface area contributed by atoms with Crippen molar-refractivity contribution < 1.29 is 24.5 Å². The summed E-state index contributed by atoms with van der Waals surface area (Å²) in [6.07, 6.45) is 103. The van der Waals surface area contributed by atoms with E-state index in [1.165, 1.54) is 411 Å². The van der Waals surface area contributed by atoms with Gasteiger partial charge in [0.1, 0.15) is 0 Å². The third kappa shape index (κ3) is 75.4. The first kappa shape index (κ1) is 88.3. The third-order valence-corrected chi connectivity index (χ3v) is 19.7. The number of rotatable bonds is 79. The maximum Gasteiger partial charge on any atom is 0.305 e. The predicted octanol–water partition coefficient (Wildman–Crippen LogP) is 27.6. The van der Waals surface area contributed by atoms with Crippen molar-refractivity contribution in [2.75, 3.05) is 13.2 Å². The van der Waals surface area contributed by atoms with Crippen LogP contribution in [0.4, 0.5) is 0 Å². The minimum Gasteiger partial charge on any atom is -0.466 e. The van der Waals surface area contributed by atoms with E-state index in [0.29, 0.717) is 19.4 Å². The van der Waals surface area contributed by atoms with Crippen molar-refractivity contribution in [1.29, 1.82) is 0 Å². The second-order valence-electron chi connectivity index (χ2n) is 28.8. The molecule has 0 aromatic carbocycles. The Morgan fingerprint density at radius 1 is 0.300 bits per heavy atom. The zero-order chi connectivity index (χ0) is 64.9. The van der Waals surface area contributed by atoms with Crippen LogP contribution in [0.2, 0.25) is 0 Å². The molecule has 0 heterocycles. The molecule has 0 spiro atoms. The molecule has 0 aromatic heterocycles. The summed E-state index contributed by atoms with van der Waals surface area (Å²) in [7, 11) is 0. The Labute approximate surface area is 564 Å². The molecule has 0 aliphatic heterocycles. The van der Waals surface area contributed by atoms with Gasteiger partial charge in [-0.15, -0.1) is 0 Å². The average molecular weight is 1270 g/mol. The monoisotopic (exact) mass is 1270 g/mol. The highest BCUT2D eigenvalue weighted by atomic mass is 16.5. The highest BCUT2D eigenvalue weighted by molar-refractivity contribution is 5.76. The minimum absolute atomic E-state index is 0.0240. The second-order valence-corrected chi connectivity index (χ2v) is 28.8. The number of nitrogens with one attached hydrogen (secondary N) is 1. The van der Waals surface area contributed by atoms with Gasteiger partial charge in [0.25, 0.3) is 0 Å². The second kappa shape index (κ2) is 79.8. The molecule has 3 N–H and O–H groups in total. The fourth-order valence-electron chi connectivity index (χ4n) is 13.4. The molecule has 0 saturated heterocycles. The van der Waals surface area contributed by atoms with Crippen LogP contribution in [-0.4, -0.2) is 47.4 Å². The number of carbonyl (C=O) groups excluding carboxylic acids is 2. The number of carbonyl (C=O) groups is 2. The van der Waals surface area contributed by atoms with Gasteiger partial charge in [-0.25, -0.2) is 0 Å². The summed E-state index contributed by atoms with van der Waals surface area (Å²) in [6, 6.07) is -0.627. The SMILES string of the molecule is CCCCCCCCCCCCCCCCCCCCCC/C=C/C(O)C(CO)NC(=O)CCCCCCCCCCCCCCCCCCC/C=C\CCCCCCCCCCCCCCOC(=O)CCCCCCCCCCCCCCCCCCCC. The van der Waals surface area contributed by atoms with E-state index in [9.17, 15) is 19.8 Å². The highest BCUT2D eigenvalue weighted by Crippen LogP contribution is 2.20. The molecule has 0 bridgehead atoms. The van der Waals surface area contributed by atoms with Crippen LogP contribution >= 0.6 is 0 Å². The van der Waals surface area contributed by atoms with E-state index in [1.54, 1.807) is 6.08 Å². The van der Waals surface area contributed by atoms with Gasteiger partial charge in [0, 0.05) is 12.8 Å². The van der Waals surface area contributed by atoms with E-state index in [-0.39, 0.29) is 18.5 Å². The Balaban J connectivity index is 3.36. The number of esters is 1. The fourth-order valence-corrected chi connectivity index (χ4v) is 13.4. The van der Waals surface area contributed by atoms with E-state index in [2.05, 4.69) is 31.3 Å². The molecule has 2 atom stereocenters. The van der Waals surface area contributed by atoms with E-state index < -0.39 is 12.1 Å². The van der Waals surface area contributed by atoms with Crippen molar-refractivity contribution in [1.82, 2.24) is 5.32 Å². The lowest BCUT2D eigenvalue weighted by molar-refractivity contribution is -0.143. The summed E-state index contributed by atoms with van der Waals surface area (Å²) in [5, 5.41) is 23.3. The number of hydrogen-bond acceptors (Lipinski definition) is 5. The van der Waals surface area contributed by atoms with Crippen molar-refractivity contribution in [2.24, 2.45) is 0 Å². The van der Waals surface area contributed by atoms with E-state index in [4.69, 9.17) is 4.74 Å². The van der Waals surface area contributed by atoms with Crippen molar-refractivity contribution in [3.8, 4) is 0 Å². The summed E-state index contributed by atoms with van der Waals surface area (Å²) >= 11 is 0. The zero-order valence-corrected chi connectivity index (χ0v) is 61.4.